The summed E-state index contributed by atoms with van der Waals surface area (Å²) in [5, 5.41) is 23.7. The minimum absolute atomic E-state index is 0.602. The first-order valence-corrected chi connectivity index (χ1v) is 1.85. The van der Waals surface area contributed by atoms with Gasteiger partial charge in [0.15, 0.2) is 6.10 Å². The van der Waals surface area contributed by atoms with E-state index in [1.165, 1.54) is 0 Å². The second-order valence-corrected chi connectivity index (χ2v) is 1.15. The predicted octanol–water partition coefficient (Wildman–Crippen LogP) is -1.08. The SMILES string of the molecule is O=C(O)C(O)COO. The standard InChI is InChI=1S/C3H6O5/c4-2(1-8-7)3(5)6/h2,4,7H,1H2,(H,5,6). The van der Waals surface area contributed by atoms with Gasteiger partial charge in [-0.3, -0.25) is 5.26 Å². The lowest BCUT2D eigenvalue weighted by atomic mass is 10.4. The van der Waals surface area contributed by atoms with Gasteiger partial charge in [-0.05, 0) is 0 Å². The van der Waals surface area contributed by atoms with Crippen molar-refractivity contribution < 1.29 is 25.2 Å². The van der Waals surface area contributed by atoms with E-state index in [4.69, 9.17) is 15.5 Å². The molecule has 1 atom stereocenters. The largest absolute Gasteiger partial charge is 0.479 e. The molecule has 0 spiro atoms. The van der Waals surface area contributed by atoms with Crippen molar-refractivity contribution in [2.45, 2.75) is 6.10 Å². The van der Waals surface area contributed by atoms with E-state index < -0.39 is 18.7 Å². The third-order valence-corrected chi connectivity index (χ3v) is 0.517. The molecule has 0 radical (unpaired) electrons. The Morgan fingerprint density at radius 2 is 2.25 bits per heavy atom. The summed E-state index contributed by atoms with van der Waals surface area (Å²) >= 11 is 0. The number of rotatable bonds is 3. The number of carboxylic acids is 1. The van der Waals surface area contributed by atoms with Gasteiger partial charge in [0.2, 0.25) is 0 Å². The van der Waals surface area contributed by atoms with Crippen molar-refractivity contribution in [3.05, 3.63) is 0 Å². The fraction of sp³-hybridized carbons (Fsp3) is 0.667. The summed E-state index contributed by atoms with van der Waals surface area (Å²) in [5.74, 6) is -1.42. The maximum Gasteiger partial charge on any atom is 0.335 e. The van der Waals surface area contributed by atoms with Gasteiger partial charge in [0.05, 0.1) is 0 Å². The predicted molar refractivity (Wildman–Crippen MR) is 22.2 cm³/mol. The van der Waals surface area contributed by atoms with E-state index in [1.54, 1.807) is 0 Å². The smallest absolute Gasteiger partial charge is 0.335 e. The molecule has 48 valence electrons. The van der Waals surface area contributed by atoms with Crippen molar-refractivity contribution in [3.8, 4) is 0 Å². The molecule has 0 aliphatic carbocycles. The molecule has 0 saturated heterocycles. The normalized spacial score (nSPS) is 13.2. The zero-order chi connectivity index (χ0) is 6.57. The van der Waals surface area contributed by atoms with Crippen molar-refractivity contribution in [3.63, 3.8) is 0 Å². The number of carbonyl (C=O) groups is 1. The molecule has 0 bridgehead atoms. The molecule has 0 aromatic heterocycles. The van der Waals surface area contributed by atoms with Crippen molar-refractivity contribution in [2.75, 3.05) is 6.61 Å². The van der Waals surface area contributed by atoms with E-state index in [2.05, 4.69) is 4.89 Å². The molecule has 0 fully saturated rings. The van der Waals surface area contributed by atoms with E-state index in [9.17, 15) is 4.79 Å². The Bertz CT molecular complexity index is 79.7. The maximum absolute atomic E-state index is 9.65. The Morgan fingerprint density at radius 1 is 1.75 bits per heavy atom. The molecule has 0 aliphatic heterocycles. The van der Waals surface area contributed by atoms with E-state index in [-0.39, 0.29) is 0 Å². The van der Waals surface area contributed by atoms with Gasteiger partial charge in [-0.15, -0.1) is 0 Å². The van der Waals surface area contributed by atoms with Gasteiger partial charge < -0.3 is 10.2 Å². The van der Waals surface area contributed by atoms with Gasteiger partial charge in [0.1, 0.15) is 6.61 Å². The summed E-state index contributed by atoms with van der Waals surface area (Å²) < 4.78 is 0. The zero-order valence-corrected chi connectivity index (χ0v) is 3.94. The molecular formula is C3H6O5. The highest BCUT2D eigenvalue weighted by molar-refractivity contribution is 5.71. The van der Waals surface area contributed by atoms with Gasteiger partial charge in [-0.2, -0.15) is 0 Å². The zero-order valence-electron chi connectivity index (χ0n) is 3.94. The first-order valence-electron chi connectivity index (χ1n) is 1.85. The minimum atomic E-state index is -1.64. The molecule has 0 amide bonds. The molecule has 0 saturated carbocycles. The molecule has 0 aromatic carbocycles. The molecule has 5 nitrogen and oxygen atoms in total. The first kappa shape index (κ1) is 7.35. The molecule has 0 rings (SSSR count). The lowest BCUT2D eigenvalue weighted by Gasteiger charge is -1.98. The van der Waals surface area contributed by atoms with Crippen LogP contribution in [-0.2, 0) is 9.68 Å². The molecule has 0 aliphatic rings. The van der Waals surface area contributed by atoms with Crippen LogP contribution in [0.3, 0.4) is 0 Å². The molecular weight excluding hydrogens is 116 g/mol. The highest BCUT2D eigenvalue weighted by atomic mass is 17.1. The monoisotopic (exact) mass is 122 g/mol. The number of aliphatic carboxylic acids is 1. The van der Waals surface area contributed by atoms with Gasteiger partial charge in [-0.25, -0.2) is 9.68 Å². The molecule has 8 heavy (non-hydrogen) atoms. The Kier molecular flexibility index (Phi) is 3.09. The number of hydrogen-bond donors (Lipinski definition) is 3. The van der Waals surface area contributed by atoms with Gasteiger partial charge in [0.25, 0.3) is 0 Å². The van der Waals surface area contributed by atoms with Crippen LogP contribution in [-0.4, -0.2) is 34.2 Å². The fourth-order valence-corrected chi connectivity index (χ4v) is 0.142. The van der Waals surface area contributed by atoms with Gasteiger partial charge in [-0.1, -0.05) is 0 Å². The van der Waals surface area contributed by atoms with E-state index in [1.807, 2.05) is 0 Å². The summed E-state index contributed by atoms with van der Waals surface area (Å²) in [6, 6.07) is 0. The summed E-state index contributed by atoms with van der Waals surface area (Å²) in [4.78, 5) is 13.0. The van der Waals surface area contributed by atoms with Crippen molar-refractivity contribution in [1.29, 1.82) is 0 Å². The van der Waals surface area contributed by atoms with Crippen LogP contribution in [0.1, 0.15) is 0 Å². The minimum Gasteiger partial charge on any atom is -0.479 e. The number of hydrogen-bond acceptors (Lipinski definition) is 4. The molecule has 0 heterocycles. The third kappa shape index (κ3) is 2.51. The number of aliphatic hydroxyl groups excluding tert-OH is 1. The average Bonchev–Trinajstić information content (AvgIpc) is 1.67. The lowest BCUT2D eigenvalue weighted by Crippen LogP contribution is -2.24. The van der Waals surface area contributed by atoms with Crippen LogP contribution in [0.5, 0.6) is 0 Å². The highest BCUT2D eigenvalue weighted by Gasteiger charge is 2.11. The maximum atomic E-state index is 9.65. The Balaban J connectivity index is 3.32. The molecule has 5 heteroatoms. The van der Waals surface area contributed by atoms with E-state index in [0.717, 1.165) is 0 Å². The van der Waals surface area contributed by atoms with Crippen LogP contribution in [0.4, 0.5) is 0 Å². The van der Waals surface area contributed by atoms with E-state index >= 15 is 0 Å². The third-order valence-electron chi connectivity index (χ3n) is 0.517. The van der Waals surface area contributed by atoms with Crippen LogP contribution in [0.15, 0.2) is 0 Å². The second kappa shape index (κ2) is 3.36. The Hall–Kier alpha value is -0.650. The topological polar surface area (TPSA) is 87.0 Å². The van der Waals surface area contributed by atoms with Crippen molar-refractivity contribution in [1.82, 2.24) is 0 Å². The molecule has 1 unspecified atom stereocenters. The van der Waals surface area contributed by atoms with E-state index in [0.29, 0.717) is 0 Å². The Labute approximate surface area is 45.1 Å². The number of carboxylic acid groups (broad SMARTS) is 1. The van der Waals surface area contributed by atoms with Crippen LogP contribution in [0.2, 0.25) is 0 Å². The second-order valence-electron chi connectivity index (χ2n) is 1.15. The van der Waals surface area contributed by atoms with Crippen molar-refractivity contribution in [2.24, 2.45) is 0 Å². The lowest BCUT2D eigenvalue weighted by molar-refractivity contribution is -0.256. The summed E-state index contributed by atoms with van der Waals surface area (Å²) in [5.41, 5.74) is 0. The van der Waals surface area contributed by atoms with Crippen molar-refractivity contribution >= 4 is 5.97 Å². The summed E-state index contributed by atoms with van der Waals surface area (Å²) in [6.07, 6.45) is -1.64. The quantitative estimate of drug-likeness (QED) is 0.327. The fourth-order valence-electron chi connectivity index (χ4n) is 0.142. The van der Waals surface area contributed by atoms with Crippen LogP contribution < -0.4 is 0 Å². The molecule has 0 aromatic rings. The Morgan fingerprint density at radius 3 is 2.38 bits per heavy atom. The summed E-state index contributed by atoms with van der Waals surface area (Å²) in [6.45, 7) is -0.602. The van der Waals surface area contributed by atoms with Gasteiger partial charge in [0, 0.05) is 0 Å². The van der Waals surface area contributed by atoms with Crippen LogP contribution in [0.25, 0.3) is 0 Å². The number of aliphatic hydroxyl groups is 1. The van der Waals surface area contributed by atoms with Crippen LogP contribution in [0, 0.1) is 0 Å². The highest BCUT2D eigenvalue weighted by Crippen LogP contribution is 1.80. The first-order chi connectivity index (χ1) is 3.68. The molecule has 3 N–H and O–H groups in total. The average molecular weight is 122 g/mol. The van der Waals surface area contributed by atoms with Crippen LogP contribution >= 0.6 is 0 Å². The van der Waals surface area contributed by atoms with Gasteiger partial charge >= 0.3 is 5.97 Å². The summed E-state index contributed by atoms with van der Waals surface area (Å²) in [7, 11) is 0.